The normalized spacial score (nSPS) is 24.3. The van der Waals surface area contributed by atoms with Gasteiger partial charge in [0.05, 0.1) is 78.2 Å². The second-order valence-corrected chi connectivity index (χ2v) is 32.2. The van der Waals surface area contributed by atoms with Crippen LogP contribution in [0.5, 0.6) is 0 Å². The number of nitrogens with zero attached hydrogens (tertiary/aromatic N) is 2. The Kier molecular flexibility index (Phi) is 51.7. The highest BCUT2D eigenvalue weighted by Crippen LogP contribution is 2.49. The number of amides is 8. The van der Waals surface area contributed by atoms with Crippen LogP contribution in [-0.2, 0) is 176 Å². The molecule has 8 amide bonds. The zero-order valence-electron chi connectivity index (χ0n) is 76.0. The molecule has 48 heteroatoms. The zero-order chi connectivity index (χ0) is 96.0. The summed E-state index contributed by atoms with van der Waals surface area (Å²) in [6, 6.07) is -4.49. The summed E-state index contributed by atoms with van der Waals surface area (Å²) >= 11 is 0. The van der Waals surface area contributed by atoms with Gasteiger partial charge in [0.2, 0.25) is 47.3 Å². The largest absolute Gasteiger partial charge is 0.463 e. The van der Waals surface area contributed by atoms with E-state index in [9.17, 15) is 86.8 Å². The third kappa shape index (κ3) is 42.9. The van der Waals surface area contributed by atoms with Crippen LogP contribution in [0.25, 0.3) is 0 Å². The molecule has 47 nitrogen and oxygen atoms in total. The van der Waals surface area contributed by atoms with E-state index < -0.39 is 246 Å². The van der Waals surface area contributed by atoms with E-state index in [0.717, 1.165) is 69.2 Å². The van der Waals surface area contributed by atoms with E-state index in [1.807, 2.05) is 27.7 Å². The number of nitriles is 1. The van der Waals surface area contributed by atoms with E-state index in [1.54, 1.807) is 0 Å². The molecule has 18 atom stereocenters. The first-order valence-electron chi connectivity index (χ1n) is 42.6. The van der Waals surface area contributed by atoms with Crippen molar-refractivity contribution in [2.45, 2.75) is 297 Å². The van der Waals surface area contributed by atoms with Crippen molar-refractivity contribution in [1.82, 2.24) is 47.2 Å². The molecule has 0 radical (unpaired) electrons. The quantitative estimate of drug-likeness (QED) is 0.0159. The van der Waals surface area contributed by atoms with Crippen LogP contribution in [0, 0.1) is 17.2 Å². The molecule has 0 aromatic heterocycles. The van der Waals surface area contributed by atoms with Gasteiger partial charge in [-0.2, -0.15) is 5.26 Å². The van der Waals surface area contributed by atoms with Crippen molar-refractivity contribution in [2.75, 3.05) is 106 Å². The molecule has 1 saturated carbocycles. The molecule has 730 valence electrons. The number of ether oxygens (including phenoxy) is 18. The van der Waals surface area contributed by atoms with Crippen molar-refractivity contribution >= 4 is 110 Å². The Morgan fingerprint density at radius 1 is 0.403 bits per heavy atom. The monoisotopic (exact) mass is 1860 g/mol. The van der Waals surface area contributed by atoms with Crippen LogP contribution in [0.4, 0.5) is 0 Å². The maximum Gasteiger partial charge on any atom is 0.303 e. The summed E-state index contributed by atoms with van der Waals surface area (Å²) in [5.41, 5.74) is 0. The number of rotatable bonds is 56. The Balaban J connectivity index is 1.56. The van der Waals surface area contributed by atoms with Crippen LogP contribution in [0.15, 0.2) is 0 Å². The summed E-state index contributed by atoms with van der Waals surface area (Å²) in [5, 5.41) is 30.5. The maximum atomic E-state index is 14.4. The molecule has 3 aliphatic heterocycles. The van der Waals surface area contributed by atoms with E-state index in [-0.39, 0.29) is 117 Å². The van der Waals surface area contributed by atoms with Crippen molar-refractivity contribution in [1.29, 1.82) is 5.26 Å². The number of nitrogens with one attached hydrogen (secondary N) is 8. The van der Waals surface area contributed by atoms with Gasteiger partial charge in [-0.15, -0.1) is 0 Å². The summed E-state index contributed by atoms with van der Waals surface area (Å²) in [4.78, 5) is 218. The van der Waals surface area contributed by atoms with Gasteiger partial charge in [0.15, 0.2) is 55.5 Å². The summed E-state index contributed by atoms with van der Waals surface area (Å²) in [7, 11) is -1.58. The predicted molar refractivity (Wildman–Crippen MR) is 440 cm³/mol. The van der Waals surface area contributed by atoms with Crippen molar-refractivity contribution in [3.8, 4) is 6.07 Å². The van der Waals surface area contributed by atoms with Crippen LogP contribution in [-0.4, -0.2) is 333 Å². The van der Waals surface area contributed by atoms with E-state index in [2.05, 4.69) is 53.3 Å². The van der Waals surface area contributed by atoms with Crippen LogP contribution in [0.1, 0.15) is 175 Å². The van der Waals surface area contributed by atoms with E-state index in [1.165, 1.54) is 13.8 Å². The van der Waals surface area contributed by atoms with Gasteiger partial charge in [0.25, 0.3) is 8.53 Å². The number of carbonyl (C=O) groups excluding carboxylic acids is 17. The summed E-state index contributed by atoms with van der Waals surface area (Å²) in [5.74, 6) is -13.0. The molecule has 0 bridgehead atoms. The van der Waals surface area contributed by atoms with Gasteiger partial charge in [-0.3, -0.25) is 81.5 Å². The summed E-state index contributed by atoms with van der Waals surface area (Å²) in [6.45, 7) is 17.9. The van der Waals surface area contributed by atoms with Crippen LogP contribution >= 0.6 is 8.53 Å². The fourth-order valence-corrected chi connectivity index (χ4v) is 15.8. The van der Waals surface area contributed by atoms with Crippen molar-refractivity contribution in [3.05, 3.63) is 0 Å². The van der Waals surface area contributed by atoms with Gasteiger partial charge in [0.1, 0.15) is 68.3 Å². The maximum absolute atomic E-state index is 14.4. The molecule has 3 heterocycles. The first-order valence-corrected chi connectivity index (χ1v) is 43.7. The molecule has 0 spiro atoms. The lowest BCUT2D eigenvalue weighted by Crippen LogP contribution is -2.66. The molecule has 3 saturated heterocycles. The molecule has 0 aromatic carbocycles. The molecule has 0 aromatic rings. The molecule has 129 heavy (non-hydrogen) atoms. The smallest absolute Gasteiger partial charge is 0.303 e. The first-order chi connectivity index (χ1) is 61.1. The highest BCUT2D eigenvalue weighted by molar-refractivity contribution is 7.44. The summed E-state index contributed by atoms with van der Waals surface area (Å²) < 4.78 is 117. The molecular weight excluding hydrogens is 1740 g/mol. The van der Waals surface area contributed by atoms with Gasteiger partial charge < -0.3 is 137 Å². The van der Waals surface area contributed by atoms with Crippen LogP contribution < -0.4 is 42.5 Å². The fraction of sp³-hybridized carbons (Fsp3) is 0.778. The van der Waals surface area contributed by atoms with Gasteiger partial charge >= 0.3 is 53.7 Å². The SMILES string of the molecule is CC(=O)NC1C(OCCOCCNC(=O)CCC(NC(=O)CCC(NC(=O)[C@H]2CC[C@@H](OP(OCCCC#N)N(C(C)C)C(C)C)CC2)C(=O)NCCOCCOC2OC(COC(C)=O)C(OC(C)=O)C(OC(C)=O)C2NC(C)=O)C(=O)NCCOCCOC2OC(COC(C)=O)C(OC(C)=O)C(OC(C)=O)C2NC(C)=O)OC(COC(C)=O)C(OC(C)=O)C1OC(C)=O. The predicted octanol–water partition coefficient (Wildman–Crippen LogP) is -0.826. The lowest BCUT2D eigenvalue weighted by molar-refractivity contribution is -0.279. The first kappa shape index (κ1) is 112. The number of hydrogen-bond donors (Lipinski definition) is 8. The standard InChI is InChI=1S/C81H129N10O37P/c1-44(2)91(45(3)4)129(118-31-18-17-27-82)128-59-21-19-58(20-22-59)76(106)90-61(78(108)85-30-34-111-37-40-114-81-69(88-48(7)94)75(124-57(16)103)72(121-54(13)100)64(127-81)43-117-51(10)97)24-26-66(105)89-60(77(107)84-29-33-110-36-39-113-80-68(87-47(6)93)74(123-56(15)102)71(120-53(12)99)63(126-80)42-116-50(9)96)23-25-65(104)83-28-32-109-35-38-112-79-67(86-46(5)92)73(122-55(14)101)70(119-52(11)98)62(125-79)41-115-49(8)95/h44-45,58-64,67-75,79-81H,17-26,28-43H2,1-16H3,(H,83,104)(H,84,107)(H,85,108)(H,86,92)(H,87,93)(H,88,94)(H,89,105)(H,90,106)/t58-,59+,60?,61?,62?,63?,64?,67?,68?,69?,70?,71?,72?,73?,74?,75?,79?,80?,81?,129?. The second-order valence-electron chi connectivity index (χ2n) is 30.8. The molecule has 4 aliphatic rings. The number of esters is 9. The van der Waals surface area contributed by atoms with Gasteiger partial charge in [-0.1, -0.05) is 0 Å². The van der Waals surface area contributed by atoms with Crippen LogP contribution in [0.3, 0.4) is 0 Å². The third-order valence-electron chi connectivity index (χ3n) is 19.2. The molecule has 1 aliphatic carbocycles. The molecule has 4 fully saturated rings. The highest BCUT2D eigenvalue weighted by atomic mass is 31.2. The minimum absolute atomic E-state index is 0.0340. The summed E-state index contributed by atoms with van der Waals surface area (Å²) in [6.07, 6.45) is -15.9. The molecule has 18 unspecified atom stereocenters. The Labute approximate surface area is 749 Å². The van der Waals surface area contributed by atoms with Crippen molar-refractivity contribution in [3.63, 3.8) is 0 Å². The van der Waals surface area contributed by atoms with Crippen molar-refractivity contribution < 1.29 is 176 Å². The molecular formula is C81H129N10O37P. The molecule has 4 rings (SSSR count). The van der Waals surface area contributed by atoms with E-state index in [4.69, 9.17) is 94.3 Å². The number of unbranched alkanes of at least 4 members (excludes halogenated alkanes) is 1. The average molecular weight is 1870 g/mol. The minimum atomic E-state index is -1.58. The van der Waals surface area contributed by atoms with Gasteiger partial charge in [-0.25, -0.2) is 4.67 Å². The van der Waals surface area contributed by atoms with E-state index in [0.29, 0.717) is 45.1 Å². The lowest BCUT2D eigenvalue weighted by Gasteiger charge is -2.44. The Morgan fingerprint density at radius 3 is 1.06 bits per heavy atom. The second kappa shape index (κ2) is 59.7. The average Bonchev–Trinajstić information content (AvgIpc) is 0.794. The van der Waals surface area contributed by atoms with Gasteiger partial charge in [-0.05, 0) is 72.6 Å². The Bertz CT molecular complexity index is 3690. The third-order valence-corrected chi connectivity index (χ3v) is 21.4. The topological polar surface area (TPSA) is 598 Å². The zero-order valence-corrected chi connectivity index (χ0v) is 76.9. The Hall–Kier alpha value is -9.57. The minimum Gasteiger partial charge on any atom is -0.463 e. The van der Waals surface area contributed by atoms with Crippen molar-refractivity contribution in [2.24, 2.45) is 5.92 Å². The molecule has 8 N–H and O–H groups in total. The number of carbonyl (C=O) groups is 17. The lowest BCUT2D eigenvalue weighted by atomic mass is 9.86. The van der Waals surface area contributed by atoms with E-state index >= 15 is 0 Å². The number of hydrogen-bond acceptors (Lipinski definition) is 39. The fourth-order valence-electron chi connectivity index (χ4n) is 14.0. The van der Waals surface area contributed by atoms with Crippen LogP contribution in [0.2, 0.25) is 0 Å². The highest BCUT2D eigenvalue weighted by Gasteiger charge is 2.55. The van der Waals surface area contributed by atoms with Gasteiger partial charge in [0, 0.05) is 140 Å². The Morgan fingerprint density at radius 2 is 0.736 bits per heavy atom.